The molecule has 5 atom stereocenters. The zero-order valence-electron chi connectivity index (χ0n) is 31.8. The van der Waals surface area contributed by atoms with Gasteiger partial charge < -0.3 is 28.5 Å². The Labute approximate surface area is 317 Å². The fourth-order valence-electron chi connectivity index (χ4n) is 7.98. The molecule has 2 N–H and O–H groups in total. The molecule has 278 valence electrons. The van der Waals surface area contributed by atoms with E-state index in [1.54, 1.807) is 0 Å². The van der Waals surface area contributed by atoms with Crippen LogP contribution in [0.2, 0.25) is 10.1 Å². The minimum Gasteiger partial charge on any atom is -0.399 e. The Morgan fingerprint density at radius 3 is 1.21 bits per heavy atom. The van der Waals surface area contributed by atoms with Gasteiger partial charge in [-0.15, -0.1) is 0 Å². The third-order valence-electron chi connectivity index (χ3n) is 10.5. The number of benzene rings is 5. The van der Waals surface area contributed by atoms with E-state index in [-0.39, 0.29) is 11.6 Å². The topological polar surface area (TPSA) is 77.4 Å². The predicted octanol–water partition coefficient (Wildman–Crippen LogP) is 6.17. The molecular formula is C45H54O6Si2. The Kier molecular flexibility index (Phi) is 12.0. The van der Waals surface area contributed by atoms with E-state index in [0.29, 0.717) is 0 Å². The standard InChI is InChI=1S/C45H54O6Si2/c1-44(2,3)52(35-24-14-8-15-25-35,36-26-16-9-17-27-36)50-41-40(47)39(32-46)49-43(48-33-34-22-12-7-13-23-34)42(41)51-53(45(4,5)6,37-28-18-10-19-29-37)38-30-20-11-21-31-38/h7-31,39-43,46-47H,32-33H2,1-6H3/t39?,40-,41?,42?,43+/m0/s1. The Hall–Kier alpha value is -3.71. The molecule has 0 radical (unpaired) electrons. The van der Waals surface area contributed by atoms with Crippen LogP contribution in [0.1, 0.15) is 47.1 Å². The van der Waals surface area contributed by atoms with Crippen LogP contribution in [0.4, 0.5) is 0 Å². The molecule has 1 aliphatic heterocycles. The Bertz CT molecular complexity index is 1770. The maximum atomic E-state index is 12.5. The number of ether oxygens (including phenoxy) is 2. The quantitative estimate of drug-likeness (QED) is 0.149. The van der Waals surface area contributed by atoms with Crippen molar-refractivity contribution in [3.63, 3.8) is 0 Å². The van der Waals surface area contributed by atoms with Gasteiger partial charge >= 0.3 is 0 Å². The molecule has 8 heteroatoms. The summed E-state index contributed by atoms with van der Waals surface area (Å²) >= 11 is 0. The summed E-state index contributed by atoms with van der Waals surface area (Å²) in [4.78, 5) is 0. The average molecular weight is 747 g/mol. The number of hydrogen-bond acceptors (Lipinski definition) is 6. The summed E-state index contributed by atoms with van der Waals surface area (Å²) in [6, 6.07) is 51.6. The summed E-state index contributed by atoms with van der Waals surface area (Å²) < 4.78 is 29.0. The zero-order valence-corrected chi connectivity index (χ0v) is 33.8. The van der Waals surface area contributed by atoms with Crippen LogP contribution in [0.25, 0.3) is 0 Å². The van der Waals surface area contributed by atoms with Gasteiger partial charge in [0.15, 0.2) is 6.29 Å². The Balaban J connectivity index is 1.60. The van der Waals surface area contributed by atoms with Gasteiger partial charge in [0.05, 0.1) is 13.2 Å². The normalized spacial score (nSPS) is 21.3. The number of hydrogen-bond donors (Lipinski definition) is 2. The fraction of sp³-hybridized carbons (Fsp3) is 0.333. The van der Waals surface area contributed by atoms with Gasteiger partial charge in [0, 0.05) is 0 Å². The van der Waals surface area contributed by atoms with Gasteiger partial charge in [-0.25, -0.2) is 0 Å². The van der Waals surface area contributed by atoms with Gasteiger partial charge in [0.2, 0.25) is 0 Å². The van der Waals surface area contributed by atoms with Gasteiger partial charge in [-0.3, -0.25) is 0 Å². The van der Waals surface area contributed by atoms with Crippen LogP contribution in [0.3, 0.4) is 0 Å². The first kappa shape index (κ1) is 39.0. The van der Waals surface area contributed by atoms with Crippen molar-refractivity contribution in [3.8, 4) is 0 Å². The second-order valence-electron chi connectivity index (χ2n) is 16.0. The number of aliphatic hydroxyl groups excluding tert-OH is 2. The lowest BCUT2D eigenvalue weighted by molar-refractivity contribution is -0.297. The second kappa shape index (κ2) is 16.3. The summed E-state index contributed by atoms with van der Waals surface area (Å²) in [5.74, 6) is 0. The predicted molar refractivity (Wildman–Crippen MR) is 218 cm³/mol. The van der Waals surface area contributed by atoms with Crippen LogP contribution >= 0.6 is 0 Å². The molecule has 0 bridgehead atoms. The van der Waals surface area contributed by atoms with Crippen LogP contribution in [0.5, 0.6) is 0 Å². The van der Waals surface area contributed by atoms with Crippen molar-refractivity contribution < 1.29 is 28.5 Å². The highest BCUT2D eigenvalue weighted by Gasteiger charge is 2.60. The van der Waals surface area contributed by atoms with Crippen LogP contribution in [-0.2, 0) is 24.9 Å². The lowest BCUT2D eigenvalue weighted by Crippen LogP contribution is -2.75. The minimum atomic E-state index is -3.28. The van der Waals surface area contributed by atoms with Crippen LogP contribution in [-0.4, -0.2) is 64.2 Å². The molecule has 0 amide bonds. The SMILES string of the molecule is CC(C)(C)[Si](OC1C(O[Si](c2ccccc2)(c2ccccc2)C(C)(C)C)[C@@H](O)C(CO)O[C@H]1OCc1ccccc1)(c1ccccc1)c1ccccc1. The highest BCUT2D eigenvalue weighted by Crippen LogP contribution is 2.43. The summed E-state index contributed by atoms with van der Waals surface area (Å²) in [5.41, 5.74) is 0.969. The maximum Gasteiger partial charge on any atom is 0.261 e. The van der Waals surface area contributed by atoms with Crippen molar-refractivity contribution >= 4 is 37.4 Å². The Morgan fingerprint density at radius 1 is 0.528 bits per heavy atom. The molecule has 6 nitrogen and oxygen atoms in total. The summed E-state index contributed by atoms with van der Waals surface area (Å²) in [6.07, 6.45) is -5.04. The molecule has 0 saturated carbocycles. The van der Waals surface area contributed by atoms with E-state index in [2.05, 4.69) is 114 Å². The van der Waals surface area contributed by atoms with Crippen molar-refractivity contribution in [3.05, 3.63) is 157 Å². The van der Waals surface area contributed by atoms with Gasteiger partial charge in [-0.2, -0.15) is 0 Å². The van der Waals surface area contributed by atoms with E-state index in [0.717, 1.165) is 26.3 Å². The van der Waals surface area contributed by atoms with Gasteiger partial charge in [-0.1, -0.05) is 193 Å². The summed E-state index contributed by atoms with van der Waals surface area (Å²) in [6.45, 7) is 13.2. The first-order chi connectivity index (χ1) is 25.4. The summed E-state index contributed by atoms with van der Waals surface area (Å²) in [5, 5.41) is 26.8. The molecule has 1 saturated heterocycles. The van der Waals surface area contributed by atoms with Gasteiger partial charge in [0.1, 0.15) is 24.4 Å². The molecule has 6 rings (SSSR count). The number of rotatable bonds is 12. The van der Waals surface area contributed by atoms with Gasteiger partial charge in [-0.05, 0) is 36.4 Å². The van der Waals surface area contributed by atoms with E-state index in [1.807, 2.05) is 78.9 Å². The zero-order chi connectivity index (χ0) is 37.7. The van der Waals surface area contributed by atoms with Crippen LogP contribution in [0.15, 0.2) is 152 Å². The van der Waals surface area contributed by atoms with E-state index >= 15 is 0 Å². The van der Waals surface area contributed by atoms with Crippen LogP contribution in [0, 0.1) is 0 Å². The van der Waals surface area contributed by atoms with Crippen molar-refractivity contribution in [1.29, 1.82) is 0 Å². The first-order valence-corrected chi connectivity index (χ1v) is 22.4. The molecule has 0 spiro atoms. The van der Waals surface area contributed by atoms with E-state index in [1.165, 1.54) is 0 Å². The molecule has 3 unspecified atom stereocenters. The monoisotopic (exact) mass is 746 g/mol. The molecule has 5 aromatic carbocycles. The highest BCUT2D eigenvalue weighted by molar-refractivity contribution is 7.00. The van der Waals surface area contributed by atoms with Crippen molar-refractivity contribution in [1.82, 2.24) is 0 Å². The van der Waals surface area contributed by atoms with Gasteiger partial charge in [0.25, 0.3) is 16.6 Å². The molecule has 0 aliphatic carbocycles. The second-order valence-corrected chi connectivity index (χ2v) is 24.5. The molecular weight excluding hydrogens is 693 g/mol. The third-order valence-corrected chi connectivity index (χ3v) is 20.6. The maximum absolute atomic E-state index is 12.5. The van der Waals surface area contributed by atoms with E-state index in [9.17, 15) is 10.2 Å². The van der Waals surface area contributed by atoms with Crippen molar-refractivity contribution in [2.75, 3.05) is 6.61 Å². The molecule has 0 aromatic heterocycles. The van der Waals surface area contributed by atoms with E-state index < -0.39 is 59.0 Å². The highest BCUT2D eigenvalue weighted by atomic mass is 28.4. The smallest absolute Gasteiger partial charge is 0.261 e. The minimum absolute atomic E-state index is 0.242. The lowest BCUT2D eigenvalue weighted by Gasteiger charge is -2.54. The first-order valence-electron chi connectivity index (χ1n) is 18.6. The molecule has 1 aliphatic rings. The van der Waals surface area contributed by atoms with Crippen molar-refractivity contribution in [2.45, 2.75) is 88.9 Å². The van der Waals surface area contributed by atoms with Crippen molar-refractivity contribution in [2.24, 2.45) is 0 Å². The molecule has 5 aromatic rings. The molecule has 1 heterocycles. The largest absolute Gasteiger partial charge is 0.399 e. The summed E-state index contributed by atoms with van der Waals surface area (Å²) in [7, 11) is -6.54. The third kappa shape index (κ3) is 7.79. The lowest BCUT2D eigenvalue weighted by atomic mass is 9.99. The van der Waals surface area contributed by atoms with Crippen LogP contribution < -0.4 is 20.7 Å². The molecule has 53 heavy (non-hydrogen) atoms. The average Bonchev–Trinajstić information content (AvgIpc) is 3.17. The molecule has 1 fully saturated rings. The van der Waals surface area contributed by atoms with E-state index in [4.69, 9.17) is 18.3 Å². The Morgan fingerprint density at radius 2 is 0.868 bits per heavy atom. The fourth-order valence-corrected chi connectivity index (χ4v) is 17.3. The number of aliphatic hydroxyl groups is 2.